The second-order valence-corrected chi connectivity index (χ2v) is 6.42. The molecule has 3 nitrogen and oxygen atoms in total. The van der Waals surface area contributed by atoms with Crippen molar-refractivity contribution in [3.63, 3.8) is 0 Å². The Bertz CT molecular complexity index is 607. The number of hydrogen-bond acceptors (Lipinski definition) is 2. The van der Waals surface area contributed by atoms with Crippen LogP contribution >= 0.6 is 11.6 Å². The Morgan fingerprint density at radius 1 is 1.36 bits per heavy atom. The lowest BCUT2D eigenvalue weighted by Crippen LogP contribution is -2.48. The quantitative estimate of drug-likeness (QED) is 0.904. The number of hydrogen-bond donors (Lipinski definition) is 1. The molecule has 0 unspecified atom stereocenters. The predicted octanol–water partition coefficient (Wildman–Crippen LogP) is 2.97. The molecule has 3 rings (SSSR count). The topological polar surface area (TPSA) is 40.5 Å². The van der Waals surface area contributed by atoms with Gasteiger partial charge < -0.3 is 10.0 Å². The number of β-amino-alcohol motifs (C(OH)–C–C–N with tert-alkyl or cyclic N) is 1. The number of rotatable bonds is 2. The number of alkyl halides is 3. The monoisotopic (exact) mass is 333 g/mol. The highest BCUT2D eigenvalue weighted by Crippen LogP contribution is 2.51. The van der Waals surface area contributed by atoms with Crippen molar-refractivity contribution >= 4 is 17.5 Å². The third kappa shape index (κ3) is 2.58. The second-order valence-electron chi connectivity index (χ2n) is 6.01. The van der Waals surface area contributed by atoms with E-state index in [0.717, 1.165) is 10.5 Å². The number of likely N-dealkylation sites (tertiary alicyclic amines) is 1. The third-order valence-electron chi connectivity index (χ3n) is 4.50. The summed E-state index contributed by atoms with van der Waals surface area (Å²) in [6.45, 7) is -0.748. The fraction of sp³-hybridized carbons (Fsp3) is 0.533. The summed E-state index contributed by atoms with van der Waals surface area (Å²) in [5.74, 6) is -0.707. The lowest BCUT2D eigenvalue weighted by atomic mass is 10.0. The van der Waals surface area contributed by atoms with Gasteiger partial charge in [-0.15, -0.1) is 0 Å². The van der Waals surface area contributed by atoms with Crippen molar-refractivity contribution in [1.82, 2.24) is 4.90 Å². The molecule has 0 radical (unpaired) electrons. The summed E-state index contributed by atoms with van der Waals surface area (Å²) in [5.41, 5.74) is -1.93. The van der Waals surface area contributed by atoms with Crippen molar-refractivity contribution in [3.8, 4) is 0 Å². The zero-order chi connectivity index (χ0) is 16.1. The van der Waals surface area contributed by atoms with Crippen LogP contribution in [0.3, 0.4) is 0 Å². The minimum absolute atomic E-state index is 0.0409. The van der Waals surface area contributed by atoms with Crippen molar-refractivity contribution in [1.29, 1.82) is 0 Å². The Balaban J connectivity index is 1.67. The van der Waals surface area contributed by atoms with Gasteiger partial charge in [0.25, 0.3) is 0 Å². The Kier molecular flexibility index (Phi) is 3.64. The maximum Gasteiger partial charge on any atom is 0.419 e. The van der Waals surface area contributed by atoms with Gasteiger partial charge in [0, 0.05) is 23.9 Å². The molecule has 0 spiro atoms. The minimum atomic E-state index is -4.71. The van der Waals surface area contributed by atoms with E-state index in [1.165, 1.54) is 0 Å². The number of amides is 1. The lowest BCUT2D eigenvalue weighted by molar-refractivity contribution is -0.253. The van der Waals surface area contributed by atoms with Gasteiger partial charge in [-0.3, -0.25) is 4.79 Å². The molecule has 1 saturated heterocycles. The molecule has 1 amide bonds. The molecule has 1 N–H and O–H groups in total. The van der Waals surface area contributed by atoms with Crippen LogP contribution in [0.25, 0.3) is 0 Å². The number of benzene rings is 1. The van der Waals surface area contributed by atoms with Gasteiger partial charge in [-0.1, -0.05) is 29.8 Å². The highest BCUT2D eigenvalue weighted by Gasteiger charge is 2.59. The lowest BCUT2D eigenvalue weighted by Gasteiger charge is -2.26. The second kappa shape index (κ2) is 5.13. The average Bonchev–Trinajstić information content (AvgIpc) is 3.12. The molecule has 3 atom stereocenters. The molecule has 120 valence electrons. The summed E-state index contributed by atoms with van der Waals surface area (Å²) in [7, 11) is 0. The minimum Gasteiger partial charge on any atom is -0.379 e. The molecule has 1 aliphatic carbocycles. The highest BCUT2D eigenvalue weighted by atomic mass is 35.5. The van der Waals surface area contributed by atoms with Gasteiger partial charge in [-0.25, -0.2) is 0 Å². The fourth-order valence-electron chi connectivity index (χ4n) is 3.04. The van der Waals surface area contributed by atoms with Crippen LogP contribution in [0.4, 0.5) is 13.2 Å². The Morgan fingerprint density at radius 3 is 2.64 bits per heavy atom. The predicted molar refractivity (Wildman–Crippen MR) is 74.5 cm³/mol. The number of aliphatic hydroxyl groups is 1. The van der Waals surface area contributed by atoms with E-state index in [1.54, 1.807) is 12.1 Å². The number of carbonyl (C=O) groups excluding carboxylic acids is 1. The van der Waals surface area contributed by atoms with E-state index in [1.807, 2.05) is 12.1 Å². The first-order valence-corrected chi connectivity index (χ1v) is 7.43. The van der Waals surface area contributed by atoms with Gasteiger partial charge >= 0.3 is 6.18 Å². The fourth-order valence-corrected chi connectivity index (χ4v) is 3.31. The normalized spacial score (nSPS) is 31.4. The molecule has 2 fully saturated rings. The van der Waals surface area contributed by atoms with E-state index in [9.17, 15) is 23.1 Å². The van der Waals surface area contributed by atoms with Crippen molar-refractivity contribution < 1.29 is 23.1 Å². The van der Waals surface area contributed by atoms with Crippen molar-refractivity contribution in [3.05, 3.63) is 34.9 Å². The van der Waals surface area contributed by atoms with E-state index in [4.69, 9.17) is 11.6 Å². The SMILES string of the molecule is O=C([C@@H]1C[C@H]1c1ccccc1Cl)N1CC[C@@](O)(C(F)(F)F)C1. The van der Waals surface area contributed by atoms with Crippen molar-refractivity contribution in [2.45, 2.75) is 30.5 Å². The molecule has 1 aromatic rings. The van der Waals surface area contributed by atoms with E-state index < -0.39 is 24.7 Å². The summed E-state index contributed by atoms with van der Waals surface area (Å²) >= 11 is 6.08. The summed E-state index contributed by atoms with van der Waals surface area (Å²) in [5, 5.41) is 10.2. The van der Waals surface area contributed by atoms with Crippen LogP contribution < -0.4 is 0 Å². The van der Waals surface area contributed by atoms with E-state index in [0.29, 0.717) is 11.4 Å². The largest absolute Gasteiger partial charge is 0.419 e. The van der Waals surface area contributed by atoms with Gasteiger partial charge in [-0.2, -0.15) is 13.2 Å². The molecule has 0 bridgehead atoms. The van der Waals surface area contributed by atoms with Crippen LogP contribution in [0, 0.1) is 5.92 Å². The van der Waals surface area contributed by atoms with Gasteiger partial charge in [-0.05, 0) is 24.0 Å². The highest BCUT2D eigenvalue weighted by molar-refractivity contribution is 6.31. The maximum atomic E-state index is 12.8. The smallest absolute Gasteiger partial charge is 0.379 e. The molecule has 2 aliphatic rings. The molecule has 7 heteroatoms. The number of halogens is 4. The van der Waals surface area contributed by atoms with Crippen molar-refractivity contribution in [2.75, 3.05) is 13.1 Å². The first-order chi connectivity index (χ1) is 10.2. The van der Waals surface area contributed by atoms with Gasteiger partial charge in [0.05, 0.1) is 6.54 Å². The Hall–Kier alpha value is -1.27. The zero-order valence-corrected chi connectivity index (χ0v) is 12.4. The van der Waals surface area contributed by atoms with E-state index >= 15 is 0 Å². The standard InChI is InChI=1S/C15H15ClF3NO2/c16-12-4-2-1-3-9(12)10-7-11(10)13(21)20-6-5-14(22,8-20)15(17,18)19/h1-4,10-11,22H,5-8H2/t10-,11+,14-/m0/s1. The summed E-state index contributed by atoms with van der Waals surface area (Å²) in [6.07, 6.45) is -4.59. The summed E-state index contributed by atoms with van der Waals surface area (Å²) in [6, 6.07) is 7.17. The Morgan fingerprint density at radius 2 is 2.05 bits per heavy atom. The average molecular weight is 334 g/mol. The first-order valence-electron chi connectivity index (χ1n) is 7.05. The molecule has 1 saturated carbocycles. The Labute approximate surface area is 130 Å². The molecule has 1 aromatic carbocycles. The number of carbonyl (C=O) groups is 1. The van der Waals surface area contributed by atoms with E-state index in [2.05, 4.69) is 0 Å². The third-order valence-corrected chi connectivity index (χ3v) is 4.84. The summed E-state index contributed by atoms with van der Waals surface area (Å²) < 4.78 is 38.4. The molecular formula is C15H15ClF3NO2. The van der Waals surface area contributed by atoms with Crippen LogP contribution in [0.1, 0.15) is 24.3 Å². The van der Waals surface area contributed by atoms with E-state index in [-0.39, 0.29) is 24.3 Å². The zero-order valence-electron chi connectivity index (χ0n) is 11.6. The van der Waals surface area contributed by atoms with Crippen molar-refractivity contribution in [2.24, 2.45) is 5.92 Å². The van der Waals surface area contributed by atoms with Gasteiger partial charge in [0.15, 0.2) is 5.60 Å². The summed E-state index contributed by atoms with van der Waals surface area (Å²) in [4.78, 5) is 13.4. The maximum absolute atomic E-state index is 12.8. The van der Waals surface area contributed by atoms with Crippen LogP contribution in [-0.2, 0) is 4.79 Å². The molecule has 1 heterocycles. The molecular weight excluding hydrogens is 319 g/mol. The molecule has 1 aliphatic heterocycles. The van der Waals surface area contributed by atoms with Crippen LogP contribution in [0.15, 0.2) is 24.3 Å². The first kappa shape index (κ1) is 15.6. The van der Waals surface area contributed by atoms with Gasteiger partial charge in [0.2, 0.25) is 5.91 Å². The number of nitrogens with zero attached hydrogens (tertiary/aromatic N) is 1. The van der Waals surface area contributed by atoms with Gasteiger partial charge in [0.1, 0.15) is 0 Å². The molecule has 22 heavy (non-hydrogen) atoms. The van der Waals surface area contributed by atoms with Crippen LogP contribution in [-0.4, -0.2) is 40.8 Å². The molecule has 0 aromatic heterocycles. The van der Waals surface area contributed by atoms with Crippen LogP contribution in [0.2, 0.25) is 5.02 Å². The van der Waals surface area contributed by atoms with Crippen LogP contribution in [0.5, 0.6) is 0 Å².